The number of nitro groups is 1. The van der Waals surface area contributed by atoms with Crippen molar-refractivity contribution in [3.05, 3.63) is 28.3 Å². The molecule has 0 heterocycles. The Labute approximate surface area is 115 Å². The summed E-state index contributed by atoms with van der Waals surface area (Å²) in [6.45, 7) is 1.69. The molecule has 0 radical (unpaired) electrons. The predicted molar refractivity (Wildman–Crippen MR) is 74.3 cm³/mol. The number of carbonyl (C=O) groups is 1. The molecule has 2 N–H and O–H groups in total. The monoisotopic (exact) mass is 283 g/mol. The van der Waals surface area contributed by atoms with Gasteiger partial charge in [-0.1, -0.05) is 6.92 Å². The second-order valence-corrected chi connectivity index (χ2v) is 3.91. The minimum Gasteiger partial charge on any atom is -0.495 e. The van der Waals surface area contributed by atoms with Crippen LogP contribution in [0.4, 0.5) is 11.4 Å². The van der Waals surface area contributed by atoms with Crippen LogP contribution in [-0.4, -0.2) is 23.1 Å². The van der Waals surface area contributed by atoms with E-state index in [2.05, 4.69) is 10.6 Å². The Kier molecular flexibility index (Phi) is 5.19. The second kappa shape index (κ2) is 6.64. The Morgan fingerprint density at radius 2 is 2.21 bits per heavy atom. The summed E-state index contributed by atoms with van der Waals surface area (Å²) in [4.78, 5) is 21.3. The maximum absolute atomic E-state index is 11.2. The normalized spacial score (nSPS) is 9.58. The average molecular weight is 283 g/mol. The molecule has 19 heavy (non-hydrogen) atoms. The lowest BCUT2D eigenvalue weighted by Gasteiger charge is -2.12. The van der Waals surface area contributed by atoms with E-state index in [4.69, 9.17) is 17.0 Å². The van der Waals surface area contributed by atoms with Crippen LogP contribution in [0, 0.1) is 10.1 Å². The molecular formula is C11H13N3O4S. The highest BCUT2D eigenvalue weighted by molar-refractivity contribution is 7.80. The fraction of sp³-hybridized carbons (Fsp3) is 0.273. The third-order valence-electron chi connectivity index (χ3n) is 2.22. The van der Waals surface area contributed by atoms with Crippen LogP contribution in [0.2, 0.25) is 0 Å². The Morgan fingerprint density at radius 3 is 2.74 bits per heavy atom. The Balaban J connectivity index is 2.91. The van der Waals surface area contributed by atoms with Crippen LogP contribution >= 0.6 is 12.2 Å². The summed E-state index contributed by atoms with van der Waals surface area (Å²) in [5.41, 5.74) is 0.214. The first-order valence-electron chi connectivity index (χ1n) is 5.41. The third kappa shape index (κ3) is 4.18. The topological polar surface area (TPSA) is 93.5 Å². The van der Waals surface area contributed by atoms with E-state index in [0.29, 0.717) is 11.4 Å². The van der Waals surface area contributed by atoms with E-state index in [-0.39, 0.29) is 23.1 Å². The molecule has 0 unspecified atom stereocenters. The van der Waals surface area contributed by atoms with Crippen molar-refractivity contribution in [1.82, 2.24) is 5.32 Å². The number of non-ortho nitro benzene ring substituents is 1. The van der Waals surface area contributed by atoms with E-state index >= 15 is 0 Å². The Morgan fingerprint density at radius 1 is 1.53 bits per heavy atom. The Hall–Kier alpha value is -2.22. The lowest BCUT2D eigenvalue weighted by molar-refractivity contribution is -0.384. The van der Waals surface area contributed by atoms with Crippen molar-refractivity contribution >= 4 is 34.6 Å². The zero-order valence-corrected chi connectivity index (χ0v) is 11.2. The highest BCUT2D eigenvalue weighted by atomic mass is 32.1. The van der Waals surface area contributed by atoms with Gasteiger partial charge >= 0.3 is 0 Å². The molecule has 0 aliphatic rings. The van der Waals surface area contributed by atoms with Crippen molar-refractivity contribution in [2.45, 2.75) is 13.3 Å². The quantitative estimate of drug-likeness (QED) is 0.497. The van der Waals surface area contributed by atoms with Crippen molar-refractivity contribution in [2.24, 2.45) is 0 Å². The molecule has 7 nitrogen and oxygen atoms in total. The molecule has 0 aromatic heterocycles. The molecule has 1 aromatic carbocycles. The van der Waals surface area contributed by atoms with E-state index in [1.54, 1.807) is 6.92 Å². The van der Waals surface area contributed by atoms with Crippen LogP contribution < -0.4 is 15.4 Å². The lowest BCUT2D eigenvalue weighted by atomic mass is 10.2. The predicted octanol–water partition coefficient (Wildman–Crippen LogP) is 1.83. The van der Waals surface area contributed by atoms with Gasteiger partial charge in [0.05, 0.1) is 17.7 Å². The minimum absolute atomic E-state index is 0.0608. The second-order valence-electron chi connectivity index (χ2n) is 3.50. The van der Waals surface area contributed by atoms with Gasteiger partial charge in [0.15, 0.2) is 5.11 Å². The first kappa shape index (κ1) is 14.8. The maximum atomic E-state index is 11.2. The van der Waals surface area contributed by atoms with Gasteiger partial charge in [-0.2, -0.15) is 0 Å². The van der Waals surface area contributed by atoms with Gasteiger partial charge in [-0.05, 0) is 18.3 Å². The summed E-state index contributed by atoms with van der Waals surface area (Å²) in [7, 11) is 1.43. The number of anilines is 1. The highest BCUT2D eigenvalue weighted by Crippen LogP contribution is 2.28. The minimum atomic E-state index is -0.529. The molecule has 0 saturated carbocycles. The average Bonchev–Trinajstić information content (AvgIpc) is 2.38. The number of hydrogen-bond acceptors (Lipinski definition) is 5. The smallest absolute Gasteiger partial charge is 0.271 e. The van der Waals surface area contributed by atoms with Crippen molar-refractivity contribution in [3.63, 3.8) is 0 Å². The molecule has 0 spiro atoms. The molecule has 102 valence electrons. The largest absolute Gasteiger partial charge is 0.495 e. The number of carbonyl (C=O) groups excluding carboxylic acids is 1. The molecule has 0 aliphatic carbocycles. The first-order valence-corrected chi connectivity index (χ1v) is 5.82. The van der Waals surface area contributed by atoms with Gasteiger partial charge in [0.1, 0.15) is 5.75 Å². The number of benzene rings is 1. The number of ether oxygens (including phenoxy) is 1. The van der Waals surface area contributed by atoms with Crippen molar-refractivity contribution < 1.29 is 14.5 Å². The fourth-order valence-corrected chi connectivity index (χ4v) is 1.50. The SMILES string of the molecule is CCC(=O)NC(=S)Nc1cc([N+](=O)[O-])ccc1OC. The molecule has 0 atom stereocenters. The molecule has 0 aliphatic heterocycles. The standard InChI is InChI=1S/C11H13N3O4S/c1-3-10(15)13-11(19)12-8-6-7(14(16)17)4-5-9(8)18-2/h4-6H,3H2,1-2H3,(H2,12,13,15,19). The number of nitro benzene ring substituents is 1. The summed E-state index contributed by atoms with van der Waals surface area (Å²) in [6.07, 6.45) is 0.286. The van der Waals surface area contributed by atoms with Crippen LogP contribution in [0.1, 0.15) is 13.3 Å². The van der Waals surface area contributed by atoms with Gasteiger partial charge in [0.25, 0.3) is 5.69 Å². The van der Waals surface area contributed by atoms with Gasteiger partial charge in [0, 0.05) is 18.6 Å². The molecule has 1 rings (SSSR count). The molecule has 1 amide bonds. The molecule has 0 fully saturated rings. The van der Waals surface area contributed by atoms with Crippen LogP contribution in [0.25, 0.3) is 0 Å². The highest BCUT2D eigenvalue weighted by Gasteiger charge is 2.12. The summed E-state index contributed by atoms with van der Waals surface area (Å²) in [5.74, 6) is 0.139. The van der Waals surface area contributed by atoms with Crippen LogP contribution in [-0.2, 0) is 4.79 Å². The summed E-state index contributed by atoms with van der Waals surface area (Å²) in [6, 6.07) is 4.05. The number of thiocarbonyl (C=S) groups is 1. The third-order valence-corrected chi connectivity index (χ3v) is 2.42. The summed E-state index contributed by atoms with van der Waals surface area (Å²) >= 11 is 4.93. The number of amides is 1. The summed E-state index contributed by atoms with van der Waals surface area (Å²) in [5, 5.41) is 15.9. The number of methoxy groups -OCH3 is 1. The van der Waals surface area contributed by atoms with E-state index in [9.17, 15) is 14.9 Å². The van der Waals surface area contributed by atoms with Gasteiger partial charge < -0.3 is 15.4 Å². The van der Waals surface area contributed by atoms with Gasteiger partial charge in [-0.25, -0.2) is 0 Å². The van der Waals surface area contributed by atoms with Crippen molar-refractivity contribution in [3.8, 4) is 5.75 Å². The van der Waals surface area contributed by atoms with Crippen LogP contribution in [0.15, 0.2) is 18.2 Å². The molecule has 0 saturated heterocycles. The van der Waals surface area contributed by atoms with E-state index in [1.807, 2.05) is 0 Å². The number of hydrogen-bond donors (Lipinski definition) is 2. The molecular weight excluding hydrogens is 270 g/mol. The van der Waals surface area contributed by atoms with Gasteiger partial charge in [0.2, 0.25) is 5.91 Å². The lowest BCUT2D eigenvalue weighted by Crippen LogP contribution is -2.33. The van der Waals surface area contributed by atoms with Crippen molar-refractivity contribution in [1.29, 1.82) is 0 Å². The summed E-state index contributed by atoms with van der Waals surface area (Å²) < 4.78 is 5.05. The maximum Gasteiger partial charge on any atom is 0.271 e. The number of rotatable bonds is 4. The number of nitrogens with zero attached hydrogens (tertiary/aromatic N) is 1. The van der Waals surface area contributed by atoms with Crippen LogP contribution in [0.5, 0.6) is 5.75 Å². The first-order chi connectivity index (χ1) is 8.97. The van der Waals surface area contributed by atoms with E-state index in [1.165, 1.54) is 25.3 Å². The Bertz CT molecular complexity index is 519. The molecule has 0 bridgehead atoms. The van der Waals surface area contributed by atoms with Gasteiger partial charge in [-0.3, -0.25) is 14.9 Å². The van der Waals surface area contributed by atoms with Crippen LogP contribution in [0.3, 0.4) is 0 Å². The zero-order chi connectivity index (χ0) is 14.4. The fourth-order valence-electron chi connectivity index (χ4n) is 1.28. The zero-order valence-electron chi connectivity index (χ0n) is 10.4. The molecule has 1 aromatic rings. The van der Waals surface area contributed by atoms with Crippen molar-refractivity contribution in [2.75, 3.05) is 12.4 Å². The van der Waals surface area contributed by atoms with E-state index in [0.717, 1.165) is 0 Å². The van der Waals surface area contributed by atoms with E-state index < -0.39 is 4.92 Å². The number of nitrogens with one attached hydrogen (secondary N) is 2. The molecule has 8 heteroatoms. The van der Waals surface area contributed by atoms with Gasteiger partial charge in [-0.15, -0.1) is 0 Å².